The fourth-order valence-corrected chi connectivity index (χ4v) is 3.67. The molecule has 132 valence electrons. The molecule has 1 rings (SSSR count). The Kier molecular flexibility index (Phi) is 13.8. The van der Waals surface area contributed by atoms with E-state index in [0.717, 1.165) is 12.8 Å². The molecular formula is C19H31LiO3S. The second-order valence-corrected chi connectivity index (χ2v) is 7.70. The van der Waals surface area contributed by atoms with Gasteiger partial charge in [0.15, 0.2) is 0 Å². The summed E-state index contributed by atoms with van der Waals surface area (Å²) >= 11 is 0. The van der Waals surface area contributed by atoms with E-state index in [1.54, 1.807) is 18.2 Å². The van der Waals surface area contributed by atoms with E-state index in [0.29, 0.717) is 12.0 Å². The Balaban J connectivity index is 0.00000529. The molecule has 0 unspecified atom stereocenters. The largest absolute Gasteiger partial charge is 1.00 e. The van der Waals surface area contributed by atoms with Crippen molar-refractivity contribution in [3.63, 3.8) is 0 Å². The molecule has 5 heteroatoms. The van der Waals surface area contributed by atoms with E-state index in [1.807, 2.05) is 0 Å². The Morgan fingerprint density at radius 2 is 1.25 bits per heavy atom. The number of aryl methyl sites for hydroxylation is 1. The summed E-state index contributed by atoms with van der Waals surface area (Å²) in [4.78, 5) is -0.0490. The van der Waals surface area contributed by atoms with Gasteiger partial charge in [-0.2, -0.15) is 0 Å². The minimum atomic E-state index is -4.35. The zero-order valence-corrected chi connectivity index (χ0v) is 16.2. The van der Waals surface area contributed by atoms with Gasteiger partial charge in [0, 0.05) is 0 Å². The standard InChI is InChI=1S/C19H32O3S.Li/c1-2-3-4-5-6-7-8-9-10-11-12-15-18-16-13-14-17-19(18)23(20,21)22;/h13-14,16-17H,2-12,15H2,1H3,(H,20,21,22);/q;+1/p-1. The summed E-state index contributed by atoms with van der Waals surface area (Å²) in [7, 11) is -4.35. The third kappa shape index (κ3) is 10.6. The summed E-state index contributed by atoms with van der Waals surface area (Å²) in [6, 6.07) is 6.56. The summed E-state index contributed by atoms with van der Waals surface area (Å²) in [5.74, 6) is 0. The van der Waals surface area contributed by atoms with Crippen molar-refractivity contribution in [2.45, 2.75) is 88.9 Å². The number of unbranched alkanes of at least 4 members (excludes halogenated alkanes) is 10. The molecular weight excluding hydrogens is 315 g/mol. The van der Waals surface area contributed by atoms with Gasteiger partial charge < -0.3 is 4.55 Å². The molecule has 0 saturated heterocycles. The summed E-state index contributed by atoms with van der Waals surface area (Å²) in [5, 5.41) is 0. The van der Waals surface area contributed by atoms with E-state index in [1.165, 1.54) is 63.9 Å². The first-order chi connectivity index (χ1) is 11.1. The molecule has 0 amide bonds. The number of hydrogen-bond acceptors (Lipinski definition) is 3. The zero-order chi connectivity index (χ0) is 17.0. The average Bonchev–Trinajstić information content (AvgIpc) is 2.52. The van der Waals surface area contributed by atoms with Crippen molar-refractivity contribution >= 4 is 10.1 Å². The number of rotatable bonds is 13. The molecule has 0 spiro atoms. The van der Waals surface area contributed by atoms with Crippen LogP contribution in [0.3, 0.4) is 0 Å². The summed E-state index contributed by atoms with van der Waals surface area (Å²) in [6.07, 6.45) is 14.6. The first-order valence-corrected chi connectivity index (χ1v) is 10.5. The van der Waals surface area contributed by atoms with Crippen molar-refractivity contribution in [3.05, 3.63) is 29.8 Å². The second kappa shape index (κ2) is 14.0. The predicted octanol–water partition coefficient (Wildman–Crippen LogP) is 2.45. The third-order valence-electron chi connectivity index (χ3n) is 4.29. The van der Waals surface area contributed by atoms with E-state index in [9.17, 15) is 13.0 Å². The summed E-state index contributed by atoms with van der Waals surface area (Å²) in [5.41, 5.74) is 0.665. The molecule has 0 aliphatic rings. The molecule has 1 aromatic rings. The molecule has 0 atom stereocenters. The molecule has 0 aromatic heterocycles. The van der Waals surface area contributed by atoms with Crippen LogP contribution < -0.4 is 18.9 Å². The monoisotopic (exact) mass is 346 g/mol. The first kappa shape index (κ1) is 23.7. The van der Waals surface area contributed by atoms with Gasteiger partial charge in [-0.1, -0.05) is 89.3 Å². The van der Waals surface area contributed by atoms with Crippen molar-refractivity contribution in [3.8, 4) is 0 Å². The Hall–Kier alpha value is -0.273. The van der Waals surface area contributed by atoms with Gasteiger partial charge in [-0.3, -0.25) is 0 Å². The Bertz CT molecular complexity index is 529. The van der Waals surface area contributed by atoms with Crippen LogP contribution in [-0.4, -0.2) is 13.0 Å². The van der Waals surface area contributed by atoms with Crippen LogP contribution in [0.1, 0.15) is 83.1 Å². The summed E-state index contributed by atoms with van der Waals surface area (Å²) in [6.45, 7) is 2.24. The molecule has 1 aromatic carbocycles. The van der Waals surface area contributed by atoms with Gasteiger partial charge in [-0.15, -0.1) is 0 Å². The normalized spacial score (nSPS) is 11.2. The Morgan fingerprint density at radius 3 is 1.75 bits per heavy atom. The number of hydrogen-bond donors (Lipinski definition) is 0. The number of benzene rings is 1. The topological polar surface area (TPSA) is 57.2 Å². The molecule has 24 heavy (non-hydrogen) atoms. The van der Waals surface area contributed by atoms with E-state index >= 15 is 0 Å². The molecule has 0 bridgehead atoms. The van der Waals surface area contributed by atoms with E-state index in [-0.39, 0.29) is 23.8 Å². The van der Waals surface area contributed by atoms with Crippen LogP contribution in [-0.2, 0) is 16.5 Å². The summed E-state index contributed by atoms with van der Waals surface area (Å²) < 4.78 is 33.6. The average molecular weight is 346 g/mol. The van der Waals surface area contributed by atoms with Crippen molar-refractivity contribution in [2.75, 3.05) is 0 Å². The molecule has 0 radical (unpaired) electrons. The quantitative estimate of drug-likeness (QED) is 0.313. The van der Waals surface area contributed by atoms with Crippen LogP contribution in [0, 0.1) is 0 Å². The molecule has 0 aliphatic heterocycles. The van der Waals surface area contributed by atoms with Gasteiger partial charge in [-0.05, 0) is 24.5 Å². The Morgan fingerprint density at radius 1 is 0.792 bits per heavy atom. The van der Waals surface area contributed by atoms with Crippen LogP contribution in [0.25, 0.3) is 0 Å². The third-order valence-corrected chi connectivity index (χ3v) is 5.23. The predicted molar refractivity (Wildman–Crippen MR) is 94.6 cm³/mol. The van der Waals surface area contributed by atoms with Gasteiger partial charge in [0.1, 0.15) is 10.1 Å². The van der Waals surface area contributed by atoms with Gasteiger partial charge >= 0.3 is 18.9 Å². The maximum atomic E-state index is 11.2. The van der Waals surface area contributed by atoms with E-state index in [4.69, 9.17) is 0 Å². The molecule has 0 aliphatic carbocycles. The fourth-order valence-electron chi connectivity index (χ4n) is 2.93. The van der Waals surface area contributed by atoms with Crippen molar-refractivity contribution in [1.82, 2.24) is 0 Å². The SMILES string of the molecule is CCCCCCCCCCCCCc1ccccc1S(=O)(=O)[O-].[Li+]. The zero-order valence-electron chi connectivity index (χ0n) is 15.4. The minimum Gasteiger partial charge on any atom is -0.744 e. The second-order valence-electron chi connectivity index (χ2n) is 6.35. The minimum absolute atomic E-state index is 0. The smallest absolute Gasteiger partial charge is 0.744 e. The van der Waals surface area contributed by atoms with Crippen molar-refractivity contribution in [2.24, 2.45) is 0 Å². The van der Waals surface area contributed by atoms with Gasteiger partial charge in [0.05, 0.1) is 4.90 Å². The van der Waals surface area contributed by atoms with Crippen molar-refractivity contribution < 1.29 is 31.8 Å². The Labute approximate surface area is 160 Å². The molecule has 0 N–H and O–H groups in total. The van der Waals surface area contributed by atoms with Crippen LogP contribution in [0.5, 0.6) is 0 Å². The van der Waals surface area contributed by atoms with E-state index in [2.05, 4.69) is 6.92 Å². The maximum absolute atomic E-state index is 11.2. The van der Waals surface area contributed by atoms with Crippen LogP contribution in [0.2, 0.25) is 0 Å². The molecule has 0 fully saturated rings. The molecule has 0 saturated carbocycles. The van der Waals surface area contributed by atoms with Gasteiger partial charge in [0.2, 0.25) is 0 Å². The van der Waals surface area contributed by atoms with Gasteiger partial charge in [-0.25, -0.2) is 8.42 Å². The molecule has 3 nitrogen and oxygen atoms in total. The van der Waals surface area contributed by atoms with Crippen LogP contribution in [0.15, 0.2) is 29.2 Å². The fraction of sp³-hybridized carbons (Fsp3) is 0.684. The van der Waals surface area contributed by atoms with Crippen molar-refractivity contribution in [1.29, 1.82) is 0 Å². The van der Waals surface area contributed by atoms with Gasteiger partial charge in [0.25, 0.3) is 0 Å². The van der Waals surface area contributed by atoms with Crippen LogP contribution >= 0.6 is 0 Å². The molecule has 0 heterocycles. The first-order valence-electron chi connectivity index (χ1n) is 9.09. The van der Waals surface area contributed by atoms with E-state index < -0.39 is 10.1 Å². The van der Waals surface area contributed by atoms with Crippen LogP contribution in [0.4, 0.5) is 0 Å². The maximum Gasteiger partial charge on any atom is 1.00 e.